The van der Waals surface area contributed by atoms with Crippen molar-refractivity contribution in [3.63, 3.8) is 0 Å². The van der Waals surface area contributed by atoms with E-state index in [2.05, 4.69) is 23.9 Å². The first-order valence-corrected chi connectivity index (χ1v) is 4.98. The molecule has 11 heavy (non-hydrogen) atoms. The van der Waals surface area contributed by atoms with Crippen LogP contribution >= 0.6 is 11.8 Å². The highest BCUT2D eigenvalue weighted by Crippen LogP contribution is 2.13. The average molecular weight is 173 g/mol. The third-order valence-corrected chi connectivity index (χ3v) is 2.87. The first-order chi connectivity index (χ1) is 5.31. The highest BCUT2D eigenvalue weighted by Gasteiger charge is 1.96. The van der Waals surface area contributed by atoms with Crippen LogP contribution in [-0.2, 0) is 0 Å². The number of azide groups is 1. The van der Waals surface area contributed by atoms with Crippen LogP contribution in [0.25, 0.3) is 10.4 Å². The highest BCUT2D eigenvalue weighted by molar-refractivity contribution is 7.99. The molecule has 0 aromatic rings. The van der Waals surface area contributed by atoms with E-state index in [-0.39, 0.29) is 0 Å². The van der Waals surface area contributed by atoms with E-state index in [4.69, 9.17) is 5.53 Å². The zero-order valence-corrected chi connectivity index (χ0v) is 7.97. The third kappa shape index (κ3) is 7.56. The molecule has 0 aromatic carbocycles. The molecule has 0 heterocycles. The van der Waals surface area contributed by atoms with Gasteiger partial charge in [-0.25, -0.2) is 0 Å². The summed E-state index contributed by atoms with van der Waals surface area (Å²) in [7, 11) is 0. The molecule has 0 rings (SSSR count). The summed E-state index contributed by atoms with van der Waals surface area (Å²) in [5.41, 5.74) is 7.97. The van der Waals surface area contributed by atoms with Crippen LogP contribution in [0.1, 0.15) is 26.7 Å². The Kier molecular flexibility index (Phi) is 7.52. The van der Waals surface area contributed by atoms with E-state index in [1.807, 2.05) is 11.8 Å². The van der Waals surface area contributed by atoms with Crippen molar-refractivity contribution in [3.05, 3.63) is 10.4 Å². The maximum atomic E-state index is 7.97. The van der Waals surface area contributed by atoms with Crippen LogP contribution in [0, 0.1) is 0 Å². The second-order valence-electron chi connectivity index (χ2n) is 2.40. The van der Waals surface area contributed by atoms with Crippen molar-refractivity contribution in [2.24, 2.45) is 5.11 Å². The molecule has 0 aromatic heterocycles. The lowest BCUT2D eigenvalue weighted by molar-refractivity contribution is 0.889. The topological polar surface area (TPSA) is 48.8 Å². The predicted molar refractivity (Wildman–Crippen MR) is 50.8 cm³/mol. The molecule has 0 radical (unpaired) electrons. The van der Waals surface area contributed by atoms with Crippen molar-refractivity contribution in [3.8, 4) is 0 Å². The maximum absolute atomic E-state index is 7.97. The van der Waals surface area contributed by atoms with E-state index in [1.165, 1.54) is 6.42 Å². The van der Waals surface area contributed by atoms with Crippen LogP contribution in [0.5, 0.6) is 0 Å². The van der Waals surface area contributed by atoms with Gasteiger partial charge in [0.05, 0.1) is 0 Å². The van der Waals surface area contributed by atoms with Gasteiger partial charge in [0.1, 0.15) is 0 Å². The van der Waals surface area contributed by atoms with E-state index in [0.29, 0.717) is 6.54 Å². The number of rotatable bonds is 6. The van der Waals surface area contributed by atoms with Gasteiger partial charge in [-0.2, -0.15) is 11.8 Å². The Hall–Kier alpha value is -0.340. The first kappa shape index (κ1) is 10.7. The largest absolute Gasteiger partial charge is 0.159 e. The number of thioether (sulfide) groups is 1. The third-order valence-electron chi connectivity index (χ3n) is 1.44. The minimum atomic E-state index is 0.639. The van der Waals surface area contributed by atoms with Gasteiger partial charge in [-0.1, -0.05) is 19.0 Å². The number of hydrogen-bond donors (Lipinski definition) is 0. The second-order valence-corrected chi connectivity index (χ2v) is 3.94. The predicted octanol–water partition coefficient (Wildman–Crippen LogP) is 3.22. The lowest BCUT2D eigenvalue weighted by Crippen LogP contribution is -1.95. The summed E-state index contributed by atoms with van der Waals surface area (Å²) >= 11 is 1.94. The van der Waals surface area contributed by atoms with Gasteiger partial charge >= 0.3 is 0 Å². The molecular weight excluding hydrogens is 158 g/mol. The monoisotopic (exact) mass is 173 g/mol. The molecule has 64 valence electrons. The molecule has 0 saturated carbocycles. The Morgan fingerprint density at radius 3 is 2.91 bits per heavy atom. The van der Waals surface area contributed by atoms with Crippen molar-refractivity contribution >= 4 is 11.8 Å². The SMILES string of the molecule is CCC(C)SCCCN=[N+]=[N-]. The van der Waals surface area contributed by atoms with Gasteiger partial charge in [0.25, 0.3) is 0 Å². The van der Waals surface area contributed by atoms with Gasteiger partial charge in [0.15, 0.2) is 0 Å². The Morgan fingerprint density at radius 1 is 1.64 bits per heavy atom. The fourth-order valence-corrected chi connectivity index (χ4v) is 1.52. The smallest absolute Gasteiger partial charge is 0.0265 e. The molecular formula is C7H15N3S. The van der Waals surface area contributed by atoms with E-state index >= 15 is 0 Å². The normalized spacial score (nSPS) is 12.2. The number of hydrogen-bond acceptors (Lipinski definition) is 2. The molecule has 4 heteroatoms. The highest BCUT2D eigenvalue weighted by atomic mass is 32.2. The lowest BCUT2D eigenvalue weighted by atomic mass is 10.4. The summed E-state index contributed by atoms with van der Waals surface area (Å²) in [5, 5.41) is 4.20. The van der Waals surface area contributed by atoms with Crippen LogP contribution in [0.2, 0.25) is 0 Å². The summed E-state index contributed by atoms with van der Waals surface area (Å²) in [4.78, 5) is 2.69. The van der Waals surface area contributed by atoms with Crippen LogP contribution < -0.4 is 0 Å². The standard InChI is InChI=1S/C7H15N3S/c1-3-7(2)11-6-4-5-9-10-8/h7H,3-6H2,1-2H3. The van der Waals surface area contributed by atoms with E-state index < -0.39 is 0 Å². The molecule has 0 aliphatic carbocycles. The van der Waals surface area contributed by atoms with Crippen LogP contribution in [0.15, 0.2) is 5.11 Å². The summed E-state index contributed by atoms with van der Waals surface area (Å²) in [6, 6.07) is 0. The van der Waals surface area contributed by atoms with Gasteiger partial charge < -0.3 is 0 Å². The van der Waals surface area contributed by atoms with Gasteiger partial charge in [-0.15, -0.1) is 0 Å². The molecule has 3 nitrogen and oxygen atoms in total. The zero-order chi connectivity index (χ0) is 8.53. The van der Waals surface area contributed by atoms with Crippen molar-refractivity contribution in [1.82, 2.24) is 0 Å². The molecule has 0 aliphatic rings. The minimum Gasteiger partial charge on any atom is -0.159 e. The Morgan fingerprint density at radius 2 is 2.36 bits per heavy atom. The second kappa shape index (κ2) is 7.76. The van der Waals surface area contributed by atoms with Crippen molar-refractivity contribution in [2.45, 2.75) is 31.9 Å². The summed E-state index contributed by atoms with van der Waals surface area (Å²) in [5.74, 6) is 1.11. The summed E-state index contributed by atoms with van der Waals surface area (Å²) in [6.07, 6.45) is 2.21. The lowest BCUT2D eigenvalue weighted by Gasteiger charge is -2.05. The molecule has 0 fully saturated rings. The molecule has 0 N–H and O–H groups in total. The fourth-order valence-electron chi connectivity index (χ4n) is 0.582. The minimum absolute atomic E-state index is 0.639. The molecule has 1 atom stereocenters. The van der Waals surface area contributed by atoms with Gasteiger partial charge in [0.2, 0.25) is 0 Å². The van der Waals surface area contributed by atoms with Crippen LogP contribution in [0.4, 0.5) is 0 Å². The summed E-state index contributed by atoms with van der Waals surface area (Å²) in [6.45, 7) is 5.04. The van der Waals surface area contributed by atoms with Crippen molar-refractivity contribution < 1.29 is 0 Å². The van der Waals surface area contributed by atoms with Crippen molar-refractivity contribution in [2.75, 3.05) is 12.3 Å². The summed E-state index contributed by atoms with van der Waals surface area (Å²) < 4.78 is 0. The molecule has 0 bridgehead atoms. The quantitative estimate of drug-likeness (QED) is 0.263. The van der Waals surface area contributed by atoms with Gasteiger partial charge in [0, 0.05) is 16.7 Å². The Balaban J connectivity index is 3.07. The Labute approximate surface area is 72.2 Å². The molecule has 1 unspecified atom stereocenters. The van der Waals surface area contributed by atoms with Crippen LogP contribution in [-0.4, -0.2) is 17.5 Å². The first-order valence-electron chi connectivity index (χ1n) is 3.93. The van der Waals surface area contributed by atoms with E-state index in [0.717, 1.165) is 17.4 Å². The Bertz CT molecular complexity index is 132. The molecule has 0 amide bonds. The van der Waals surface area contributed by atoms with E-state index in [1.54, 1.807) is 0 Å². The molecule has 0 saturated heterocycles. The molecule has 0 spiro atoms. The van der Waals surface area contributed by atoms with Crippen LogP contribution in [0.3, 0.4) is 0 Å². The molecule has 0 aliphatic heterocycles. The van der Waals surface area contributed by atoms with E-state index in [9.17, 15) is 0 Å². The van der Waals surface area contributed by atoms with Gasteiger partial charge in [-0.3, -0.25) is 0 Å². The van der Waals surface area contributed by atoms with Gasteiger partial charge in [-0.05, 0) is 24.1 Å². The number of nitrogens with zero attached hydrogens (tertiary/aromatic N) is 3. The zero-order valence-electron chi connectivity index (χ0n) is 7.16. The average Bonchev–Trinajstić information content (AvgIpc) is 2.04. The fraction of sp³-hybridized carbons (Fsp3) is 1.00. The maximum Gasteiger partial charge on any atom is 0.0265 e. The van der Waals surface area contributed by atoms with Crippen molar-refractivity contribution in [1.29, 1.82) is 0 Å².